The molecule has 0 aliphatic carbocycles. The third-order valence-corrected chi connectivity index (χ3v) is 2.74. The number of carbonyl (C=O) groups is 3. The number of ether oxygens (including phenoxy) is 2. The summed E-state index contributed by atoms with van der Waals surface area (Å²) in [4.78, 5) is 35.0. The van der Waals surface area contributed by atoms with Gasteiger partial charge in [0.1, 0.15) is 12.2 Å². The highest BCUT2D eigenvalue weighted by molar-refractivity contribution is 5.96. The van der Waals surface area contributed by atoms with Gasteiger partial charge in [-0.1, -0.05) is 12.6 Å². The zero-order valence-corrected chi connectivity index (χ0v) is 15.0. The molecule has 0 aliphatic rings. The fourth-order valence-corrected chi connectivity index (χ4v) is 1.69. The Morgan fingerprint density at radius 3 is 2.48 bits per heavy atom. The first-order valence-corrected chi connectivity index (χ1v) is 7.79. The molecule has 7 heteroatoms. The molecular weight excluding hydrogens is 324 g/mol. The first-order chi connectivity index (χ1) is 11.6. The lowest BCUT2D eigenvalue weighted by Crippen LogP contribution is -2.29. The summed E-state index contributed by atoms with van der Waals surface area (Å²) in [7, 11) is 0. The van der Waals surface area contributed by atoms with E-state index >= 15 is 0 Å². The van der Waals surface area contributed by atoms with Crippen molar-refractivity contribution in [1.82, 2.24) is 5.32 Å². The van der Waals surface area contributed by atoms with Crippen molar-refractivity contribution in [1.29, 1.82) is 0 Å². The number of benzene rings is 1. The van der Waals surface area contributed by atoms with E-state index in [4.69, 9.17) is 9.47 Å². The van der Waals surface area contributed by atoms with Gasteiger partial charge in [-0.2, -0.15) is 0 Å². The normalized spacial score (nSPS) is 10.6. The van der Waals surface area contributed by atoms with Crippen molar-refractivity contribution in [2.75, 3.05) is 18.5 Å². The van der Waals surface area contributed by atoms with Crippen molar-refractivity contribution in [3.63, 3.8) is 0 Å². The van der Waals surface area contributed by atoms with Crippen LogP contribution in [0.5, 0.6) is 0 Å². The molecule has 0 spiro atoms. The van der Waals surface area contributed by atoms with E-state index < -0.39 is 17.7 Å². The standard InChI is InChI=1S/C18H24N2O5/c1-12(2)16(22)24-10-9-19-15(21)13-7-6-8-14(11-13)20-17(23)25-18(3,4)5/h6-8,11H,1,9-10H2,2-5H3,(H,19,21)(H,20,23). The van der Waals surface area contributed by atoms with E-state index in [1.165, 1.54) is 6.07 Å². The van der Waals surface area contributed by atoms with Crippen molar-refractivity contribution in [2.24, 2.45) is 0 Å². The van der Waals surface area contributed by atoms with Gasteiger partial charge in [-0.05, 0) is 45.9 Å². The van der Waals surface area contributed by atoms with Crippen LogP contribution in [0.1, 0.15) is 38.1 Å². The number of nitrogens with one attached hydrogen (secondary N) is 2. The van der Waals surface area contributed by atoms with Crippen LogP contribution in [0.4, 0.5) is 10.5 Å². The molecule has 0 radical (unpaired) electrons. The molecule has 0 saturated carbocycles. The van der Waals surface area contributed by atoms with Crippen LogP contribution in [-0.4, -0.2) is 36.7 Å². The van der Waals surface area contributed by atoms with Crippen LogP contribution < -0.4 is 10.6 Å². The largest absolute Gasteiger partial charge is 0.460 e. The topological polar surface area (TPSA) is 93.7 Å². The quantitative estimate of drug-likeness (QED) is 0.468. The summed E-state index contributed by atoms with van der Waals surface area (Å²) in [6, 6.07) is 6.42. The Hall–Kier alpha value is -2.83. The van der Waals surface area contributed by atoms with Gasteiger partial charge < -0.3 is 14.8 Å². The Morgan fingerprint density at radius 2 is 1.88 bits per heavy atom. The van der Waals surface area contributed by atoms with Gasteiger partial charge in [0.15, 0.2) is 0 Å². The fourth-order valence-electron chi connectivity index (χ4n) is 1.69. The maximum Gasteiger partial charge on any atom is 0.412 e. The van der Waals surface area contributed by atoms with Gasteiger partial charge in [0.25, 0.3) is 5.91 Å². The van der Waals surface area contributed by atoms with E-state index in [9.17, 15) is 14.4 Å². The molecule has 25 heavy (non-hydrogen) atoms. The maximum absolute atomic E-state index is 12.1. The number of hydrogen-bond acceptors (Lipinski definition) is 5. The Balaban J connectivity index is 2.53. The van der Waals surface area contributed by atoms with Gasteiger partial charge in [0, 0.05) is 16.8 Å². The van der Waals surface area contributed by atoms with Gasteiger partial charge in [0.05, 0.1) is 6.54 Å². The van der Waals surface area contributed by atoms with Crippen molar-refractivity contribution in [3.8, 4) is 0 Å². The summed E-state index contributed by atoms with van der Waals surface area (Å²) in [5.74, 6) is -0.850. The number of hydrogen-bond donors (Lipinski definition) is 2. The smallest absolute Gasteiger partial charge is 0.412 e. The molecule has 0 saturated heterocycles. The lowest BCUT2D eigenvalue weighted by molar-refractivity contribution is -0.138. The Bertz CT molecular complexity index is 662. The van der Waals surface area contributed by atoms with Crippen molar-refractivity contribution in [2.45, 2.75) is 33.3 Å². The Morgan fingerprint density at radius 1 is 1.20 bits per heavy atom. The molecule has 0 bridgehead atoms. The molecule has 1 aromatic rings. The monoisotopic (exact) mass is 348 g/mol. The Kier molecular flexibility index (Phi) is 7.17. The minimum Gasteiger partial charge on any atom is -0.460 e. The first-order valence-electron chi connectivity index (χ1n) is 7.79. The average molecular weight is 348 g/mol. The van der Waals surface area contributed by atoms with Crippen LogP contribution in [0.3, 0.4) is 0 Å². The second-order valence-electron chi connectivity index (χ2n) is 6.38. The molecule has 0 unspecified atom stereocenters. The molecule has 2 amide bonds. The van der Waals surface area contributed by atoms with E-state index in [-0.39, 0.29) is 19.1 Å². The molecule has 136 valence electrons. The highest BCUT2D eigenvalue weighted by atomic mass is 16.6. The molecule has 0 heterocycles. The highest BCUT2D eigenvalue weighted by Gasteiger charge is 2.16. The van der Waals surface area contributed by atoms with Crippen molar-refractivity contribution >= 4 is 23.7 Å². The first kappa shape index (κ1) is 20.2. The van der Waals surface area contributed by atoms with Crippen LogP contribution >= 0.6 is 0 Å². The number of esters is 1. The SMILES string of the molecule is C=C(C)C(=O)OCCNC(=O)c1cccc(NC(=O)OC(C)(C)C)c1. The van der Waals surface area contributed by atoms with Crippen LogP contribution in [0, 0.1) is 0 Å². The highest BCUT2D eigenvalue weighted by Crippen LogP contribution is 2.13. The zero-order chi connectivity index (χ0) is 19.0. The number of anilines is 1. The average Bonchev–Trinajstić information content (AvgIpc) is 2.49. The second-order valence-corrected chi connectivity index (χ2v) is 6.38. The third-order valence-electron chi connectivity index (χ3n) is 2.74. The van der Waals surface area contributed by atoms with E-state index in [1.807, 2.05) is 0 Å². The van der Waals surface area contributed by atoms with E-state index in [0.29, 0.717) is 16.8 Å². The molecule has 7 nitrogen and oxygen atoms in total. The molecule has 0 aromatic heterocycles. The lowest BCUT2D eigenvalue weighted by Gasteiger charge is -2.19. The molecule has 0 atom stereocenters. The summed E-state index contributed by atoms with van der Waals surface area (Å²) in [6.45, 7) is 10.5. The minimum atomic E-state index is -0.611. The summed E-state index contributed by atoms with van der Waals surface area (Å²) in [6.07, 6.45) is -0.600. The van der Waals surface area contributed by atoms with E-state index in [2.05, 4.69) is 17.2 Å². The summed E-state index contributed by atoms with van der Waals surface area (Å²) < 4.78 is 10.0. The lowest BCUT2D eigenvalue weighted by atomic mass is 10.2. The van der Waals surface area contributed by atoms with Gasteiger partial charge in [0.2, 0.25) is 0 Å². The minimum absolute atomic E-state index is 0.0489. The predicted octanol–water partition coefficient (Wildman–Crippen LogP) is 2.88. The number of rotatable bonds is 6. The van der Waals surface area contributed by atoms with Crippen molar-refractivity contribution < 1.29 is 23.9 Å². The molecule has 1 aromatic carbocycles. The van der Waals surface area contributed by atoms with E-state index in [0.717, 1.165) is 0 Å². The second kappa shape index (κ2) is 8.86. The predicted molar refractivity (Wildman–Crippen MR) is 94.4 cm³/mol. The fraction of sp³-hybridized carbons (Fsp3) is 0.389. The van der Waals surface area contributed by atoms with Crippen LogP contribution in [0.15, 0.2) is 36.4 Å². The molecular formula is C18H24N2O5. The number of amides is 2. The maximum atomic E-state index is 12.1. The van der Waals surface area contributed by atoms with Crippen LogP contribution in [0.25, 0.3) is 0 Å². The molecule has 0 fully saturated rings. The Labute approximate surface area is 147 Å². The van der Waals surface area contributed by atoms with Crippen LogP contribution in [-0.2, 0) is 14.3 Å². The summed E-state index contributed by atoms with van der Waals surface area (Å²) in [5.41, 5.74) is 0.489. The third kappa shape index (κ3) is 8.01. The van der Waals surface area contributed by atoms with Gasteiger partial charge in [-0.25, -0.2) is 9.59 Å². The van der Waals surface area contributed by atoms with Gasteiger partial charge >= 0.3 is 12.1 Å². The van der Waals surface area contributed by atoms with Gasteiger partial charge in [-0.3, -0.25) is 10.1 Å². The molecule has 0 aliphatic heterocycles. The molecule has 2 N–H and O–H groups in total. The summed E-state index contributed by atoms with van der Waals surface area (Å²) >= 11 is 0. The van der Waals surface area contributed by atoms with Crippen molar-refractivity contribution in [3.05, 3.63) is 42.0 Å². The summed E-state index contributed by atoms with van der Waals surface area (Å²) in [5, 5.41) is 5.19. The van der Waals surface area contributed by atoms with Gasteiger partial charge in [-0.15, -0.1) is 0 Å². The van der Waals surface area contributed by atoms with Crippen LogP contribution in [0.2, 0.25) is 0 Å². The molecule has 1 rings (SSSR count). The number of carbonyl (C=O) groups excluding carboxylic acids is 3. The van der Waals surface area contributed by atoms with E-state index in [1.54, 1.807) is 45.9 Å². The zero-order valence-electron chi connectivity index (χ0n) is 15.0.